The first-order valence-corrected chi connectivity index (χ1v) is 6.20. The minimum absolute atomic E-state index is 0.0217. The van der Waals surface area contributed by atoms with Crippen LogP contribution < -0.4 is 5.32 Å². The van der Waals surface area contributed by atoms with Crippen molar-refractivity contribution in [2.24, 2.45) is 0 Å². The molecule has 0 heterocycles. The Morgan fingerprint density at radius 3 is 2.88 bits per heavy atom. The molecule has 17 heavy (non-hydrogen) atoms. The number of carbonyl (C=O) groups is 1. The van der Waals surface area contributed by atoms with E-state index in [2.05, 4.69) is 21.2 Å². The van der Waals surface area contributed by atoms with Crippen LogP contribution in [-0.4, -0.2) is 23.7 Å². The molecule has 0 spiro atoms. The summed E-state index contributed by atoms with van der Waals surface area (Å²) in [6, 6.07) is 3.92. The molecule has 0 bridgehead atoms. The van der Waals surface area contributed by atoms with Crippen LogP contribution in [0.25, 0.3) is 0 Å². The van der Waals surface area contributed by atoms with E-state index in [1.807, 2.05) is 6.92 Å². The van der Waals surface area contributed by atoms with Crippen LogP contribution in [-0.2, 0) is 0 Å². The lowest BCUT2D eigenvalue weighted by Gasteiger charge is -2.13. The monoisotopic (exact) mass is 303 g/mol. The number of carbonyl (C=O) groups excluding carboxylic acids is 1. The molecule has 1 amide bonds. The summed E-state index contributed by atoms with van der Waals surface area (Å²) < 4.78 is 13.3. The van der Waals surface area contributed by atoms with Crippen molar-refractivity contribution in [2.45, 2.75) is 25.8 Å². The van der Waals surface area contributed by atoms with Gasteiger partial charge in [0, 0.05) is 17.1 Å². The highest BCUT2D eigenvalue weighted by Gasteiger charge is 2.12. The number of halogens is 2. The molecule has 0 aliphatic rings. The SMILES string of the molecule is CC(CCCO)NC(=O)c1ccc(F)cc1Br. The molecule has 0 saturated carbocycles. The highest BCUT2D eigenvalue weighted by Crippen LogP contribution is 2.18. The third-order valence-corrected chi connectivity index (χ3v) is 3.00. The number of hydrogen-bond acceptors (Lipinski definition) is 2. The standard InChI is InChI=1S/C12H15BrFNO2/c1-8(3-2-6-16)15-12(17)10-5-4-9(14)7-11(10)13/h4-5,7-8,16H,2-3,6H2,1H3,(H,15,17). The predicted octanol–water partition coefficient (Wildman–Crippen LogP) is 2.48. The topological polar surface area (TPSA) is 49.3 Å². The van der Waals surface area contributed by atoms with Crippen LogP contribution in [0.2, 0.25) is 0 Å². The van der Waals surface area contributed by atoms with Gasteiger partial charge in [0.15, 0.2) is 0 Å². The normalized spacial score (nSPS) is 12.2. The smallest absolute Gasteiger partial charge is 0.252 e. The van der Waals surface area contributed by atoms with Crippen LogP contribution in [0.3, 0.4) is 0 Å². The molecule has 1 atom stereocenters. The molecule has 1 aromatic carbocycles. The fourth-order valence-electron chi connectivity index (χ4n) is 1.44. The van der Waals surface area contributed by atoms with Crippen molar-refractivity contribution < 1.29 is 14.3 Å². The van der Waals surface area contributed by atoms with Crippen molar-refractivity contribution in [3.05, 3.63) is 34.1 Å². The van der Waals surface area contributed by atoms with Gasteiger partial charge in [0.05, 0.1) is 5.56 Å². The van der Waals surface area contributed by atoms with Crippen molar-refractivity contribution in [3.63, 3.8) is 0 Å². The number of hydrogen-bond donors (Lipinski definition) is 2. The maximum atomic E-state index is 12.9. The molecule has 5 heteroatoms. The average Bonchev–Trinajstić information content (AvgIpc) is 2.26. The van der Waals surface area contributed by atoms with Gasteiger partial charge in [0.1, 0.15) is 5.82 Å². The number of rotatable bonds is 5. The average molecular weight is 304 g/mol. The molecule has 1 unspecified atom stereocenters. The summed E-state index contributed by atoms with van der Waals surface area (Å²) in [5.74, 6) is -0.635. The van der Waals surface area contributed by atoms with Crippen LogP contribution >= 0.6 is 15.9 Å². The summed E-state index contributed by atoms with van der Waals surface area (Å²) in [7, 11) is 0. The fraction of sp³-hybridized carbons (Fsp3) is 0.417. The molecule has 0 saturated heterocycles. The van der Waals surface area contributed by atoms with E-state index in [0.29, 0.717) is 22.9 Å². The molecule has 0 fully saturated rings. The van der Waals surface area contributed by atoms with E-state index in [1.165, 1.54) is 18.2 Å². The van der Waals surface area contributed by atoms with E-state index >= 15 is 0 Å². The Hall–Kier alpha value is -0.940. The van der Waals surface area contributed by atoms with Crippen molar-refractivity contribution >= 4 is 21.8 Å². The van der Waals surface area contributed by atoms with Crippen LogP contribution in [0.4, 0.5) is 4.39 Å². The van der Waals surface area contributed by atoms with Crippen molar-refractivity contribution in [3.8, 4) is 0 Å². The van der Waals surface area contributed by atoms with Gasteiger partial charge in [0.25, 0.3) is 5.91 Å². The summed E-state index contributed by atoms with van der Waals surface area (Å²) in [6.07, 6.45) is 1.35. The molecule has 1 rings (SSSR count). The highest BCUT2D eigenvalue weighted by molar-refractivity contribution is 9.10. The number of amides is 1. The third kappa shape index (κ3) is 4.44. The lowest BCUT2D eigenvalue weighted by molar-refractivity contribution is 0.0935. The first-order valence-electron chi connectivity index (χ1n) is 5.41. The molecule has 1 aromatic rings. The van der Waals surface area contributed by atoms with E-state index < -0.39 is 0 Å². The number of benzene rings is 1. The summed E-state index contributed by atoms with van der Waals surface area (Å²) in [5.41, 5.74) is 0.405. The van der Waals surface area contributed by atoms with Gasteiger partial charge in [-0.25, -0.2) is 4.39 Å². The van der Waals surface area contributed by atoms with E-state index in [4.69, 9.17) is 5.11 Å². The zero-order chi connectivity index (χ0) is 12.8. The van der Waals surface area contributed by atoms with Crippen molar-refractivity contribution in [2.75, 3.05) is 6.61 Å². The van der Waals surface area contributed by atoms with Gasteiger partial charge in [-0.1, -0.05) is 0 Å². The van der Waals surface area contributed by atoms with Gasteiger partial charge in [-0.05, 0) is 53.9 Å². The molecule has 2 N–H and O–H groups in total. The van der Waals surface area contributed by atoms with Crippen molar-refractivity contribution in [1.82, 2.24) is 5.32 Å². The molecular formula is C12H15BrFNO2. The van der Waals surface area contributed by atoms with Crippen LogP contribution in [0.1, 0.15) is 30.1 Å². The van der Waals surface area contributed by atoms with Gasteiger partial charge in [-0.3, -0.25) is 4.79 Å². The summed E-state index contributed by atoms with van der Waals surface area (Å²) in [5, 5.41) is 11.5. The Kier molecular flexibility index (Phi) is 5.58. The zero-order valence-corrected chi connectivity index (χ0v) is 11.1. The lowest BCUT2D eigenvalue weighted by atomic mass is 10.1. The van der Waals surface area contributed by atoms with Gasteiger partial charge in [-0.15, -0.1) is 0 Å². The fourth-order valence-corrected chi connectivity index (χ4v) is 1.98. The first-order chi connectivity index (χ1) is 8.04. The summed E-state index contributed by atoms with van der Waals surface area (Å²) in [4.78, 5) is 11.8. The predicted molar refractivity (Wildman–Crippen MR) is 67.3 cm³/mol. The highest BCUT2D eigenvalue weighted by atomic mass is 79.9. The minimum atomic E-state index is -0.387. The summed E-state index contributed by atoms with van der Waals surface area (Å²) >= 11 is 3.15. The second-order valence-electron chi connectivity index (χ2n) is 3.86. The zero-order valence-electron chi connectivity index (χ0n) is 9.54. The second kappa shape index (κ2) is 6.71. The maximum Gasteiger partial charge on any atom is 0.252 e. The van der Waals surface area contributed by atoms with E-state index in [1.54, 1.807) is 0 Å². The molecule has 0 aliphatic carbocycles. The van der Waals surface area contributed by atoms with Gasteiger partial charge < -0.3 is 10.4 Å². The Morgan fingerprint density at radius 1 is 1.59 bits per heavy atom. The van der Waals surface area contributed by atoms with Crippen LogP contribution in [0.15, 0.2) is 22.7 Å². The number of aliphatic hydroxyl groups excluding tert-OH is 1. The minimum Gasteiger partial charge on any atom is -0.396 e. The third-order valence-electron chi connectivity index (χ3n) is 2.35. The Labute approximate surface area is 108 Å². The molecule has 0 aliphatic heterocycles. The van der Waals surface area contributed by atoms with Crippen LogP contribution in [0, 0.1) is 5.82 Å². The van der Waals surface area contributed by atoms with E-state index in [-0.39, 0.29) is 24.4 Å². The molecule has 0 aromatic heterocycles. The summed E-state index contributed by atoms with van der Waals surface area (Å²) in [6.45, 7) is 1.98. The largest absolute Gasteiger partial charge is 0.396 e. The second-order valence-corrected chi connectivity index (χ2v) is 4.72. The molecule has 0 radical (unpaired) electrons. The van der Waals surface area contributed by atoms with E-state index in [0.717, 1.165) is 0 Å². The van der Waals surface area contributed by atoms with E-state index in [9.17, 15) is 9.18 Å². The lowest BCUT2D eigenvalue weighted by Crippen LogP contribution is -2.32. The van der Waals surface area contributed by atoms with Crippen LogP contribution in [0.5, 0.6) is 0 Å². The van der Waals surface area contributed by atoms with Gasteiger partial charge in [0.2, 0.25) is 0 Å². The van der Waals surface area contributed by atoms with Crippen molar-refractivity contribution in [1.29, 1.82) is 0 Å². The number of nitrogens with one attached hydrogen (secondary N) is 1. The van der Waals surface area contributed by atoms with Gasteiger partial charge >= 0.3 is 0 Å². The Morgan fingerprint density at radius 2 is 2.29 bits per heavy atom. The number of aliphatic hydroxyl groups is 1. The first kappa shape index (κ1) is 14.1. The Balaban J connectivity index is 2.63. The van der Waals surface area contributed by atoms with Gasteiger partial charge in [-0.2, -0.15) is 0 Å². The molecular weight excluding hydrogens is 289 g/mol. The quantitative estimate of drug-likeness (QED) is 0.878. The Bertz CT molecular complexity index is 398. The molecule has 94 valence electrons. The maximum absolute atomic E-state index is 12.9. The molecule has 3 nitrogen and oxygen atoms in total.